The van der Waals surface area contributed by atoms with Gasteiger partial charge in [-0.1, -0.05) is 140 Å². The van der Waals surface area contributed by atoms with Crippen LogP contribution in [0, 0.1) is 0 Å². The van der Waals surface area contributed by atoms with Crippen molar-refractivity contribution in [3.05, 3.63) is 194 Å². The third-order valence-corrected chi connectivity index (χ3v) is 13.4. The van der Waals surface area contributed by atoms with Gasteiger partial charge >= 0.3 is 0 Å². The molecule has 0 N–H and O–H groups in total. The molecule has 0 radical (unpaired) electrons. The van der Waals surface area contributed by atoms with Crippen molar-refractivity contribution >= 4 is 107 Å². The summed E-state index contributed by atoms with van der Waals surface area (Å²) in [6.45, 7) is 0. The molecule has 0 fully saturated rings. The molecule has 0 atom stereocenters. The van der Waals surface area contributed by atoms with Crippen molar-refractivity contribution in [3.8, 4) is 22.5 Å². The molecule has 3 aromatic heterocycles. The number of aromatic nitrogens is 2. The summed E-state index contributed by atoms with van der Waals surface area (Å²) in [6, 6.07) is 71.6. The van der Waals surface area contributed by atoms with Gasteiger partial charge in [0.05, 0.1) is 26.8 Å². The van der Waals surface area contributed by atoms with Gasteiger partial charge in [0.15, 0.2) is 0 Å². The molecule has 3 heterocycles. The number of nitrogens with zero attached hydrogens (tertiary/aromatic N) is 2. The third-order valence-electron chi connectivity index (χ3n) is 12.3. The van der Waals surface area contributed by atoms with Crippen molar-refractivity contribution < 1.29 is 0 Å². The fourth-order valence-electron chi connectivity index (χ4n) is 9.91. The molecule has 10 aromatic carbocycles. The van der Waals surface area contributed by atoms with E-state index in [-0.39, 0.29) is 0 Å². The monoisotopic (exact) mass is 740 g/mol. The second kappa shape index (κ2) is 11.7. The van der Waals surface area contributed by atoms with Gasteiger partial charge in [-0.15, -0.1) is 11.3 Å². The summed E-state index contributed by atoms with van der Waals surface area (Å²) in [5.74, 6) is 0. The van der Waals surface area contributed by atoms with Crippen LogP contribution in [0.3, 0.4) is 0 Å². The lowest BCUT2D eigenvalue weighted by Gasteiger charge is -2.15. The normalized spacial score (nSPS) is 12.2. The van der Waals surface area contributed by atoms with E-state index >= 15 is 0 Å². The second-order valence-electron chi connectivity index (χ2n) is 15.2. The Labute approximate surface area is 331 Å². The molecule has 0 spiro atoms. The minimum Gasteiger partial charge on any atom is -0.309 e. The number of rotatable bonds is 3. The van der Waals surface area contributed by atoms with Crippen molar-refractivity contribution in [2.75, 3.05) is 0 Å². The number of benzene rings is 10. The molecule has 13 rings (SSSR count). The van der Waals surface area contributed by atoms with E-state index in [9.17, 15) is 0 Å². The van der Waals surface area contributed by atoms with Crippen molar-refractivity contribution in [2.45, 2.75) is 0 Å². The second-order valence-corrected chi connectivity index (χ2v) is 16.2. The zero-order valence-electron chi connectivity index (χ0n) is 30.8. The van der Waals surface area contributed by atoms with E-state index in [4.69, 9.17) is 0 Å². The number of fused-ring (bicyclic) bond motifs is 18. The van der Waals surface area contributed by atoms with Crippen molar-refractivity contribution in [1.82, 2.24) is 9.13 Å². The van der Waals surface area contributed by atoms with Crippen LogP contribution >= 0.6 is 11.3 Å². The smallest absolute Gasteiger partial charge is 0.0726 e. The van der Waals surface area contributed by atoms with Crippen LogP contribution in [0.4, 0.5) is 0 Å². The Balaban J connectivity index is 1.09. The van der Waals surface area contributed by atoms with Crippen molar-refractivity contribution in [2.24, 2.45) is 0 Å². The molecule has 2 nitrogen and oxygen atoms in total. The Hall–Kier alpha value is -7.20. The van der Waals surface area contributed by atoms with Gasteiger partial charge in [0, 0.05) is 59.2 Å². The fourth-order valence-corrected chi connectivity index (χ4v) is 11.2. The molecule has 0 unspecified atom stereocenters. The van der Waals surface area contributed by atoms with Crippen LogP contribution in [-0.2, 0) is 0 Å². The summed E-state index contributed by atoms with van der Waals surface area (Å²) in [4.78, 5) is 0. The lowest BCUT2D eigenvalue weighted by molar-refractivity contribution is 1.18. The molecule has 57 heavy (non-hydrogen) atoms. The van der Waals surface area contributed by atoms with E-state index in [1.807, 2.05) is 11.3 Å². The van der Waals surface area contributed by atoms with Crippen LogP contribution in [-0.4, -0.2) is 9.13 Å². The maximum Gasteiger partial charge on any atom is 0.0726 e. The first kappa shape index (κ1) is 31.1. The molecule has 0 aliphatic carbocycles. The summed E-state index contributed by atoms with van der Waals surface area (Å²) in [5, 5.41) is 15.7. The molecule has 0 bridgehead atoms. The highest BCUT2D eigenvalue weighted by Crippen LogP contribution is 2.51. The Morgan fingerprint density at radius 2 is 0.807 bits per heavy atom. The van der Waals surface area contributed by atoms with E-state index in [1.165, 1.54) is 113 Å². The van der Waals surface area contributed by atoms with Gasteiger partial charge in [0.1, 0.15) is 0 Å². The van der Waals surface area contributed by atoms with Gasteiger partial charge in [0.25, 0.3) is 0 Å². The summed E-state index contributed by atoms with van der Waals surface area (Å²) < 4.78 is 7.56. The molecule has 264 valence electrons. The van der Waals surface area contributed by atoms with Gasteiger partial charge in [-0.3, -0.25) is 0 Å². The maximum atomic E-state index is 2.53. The molecule has 13 aromatic rings. The molecule has 0 amide bonds. The largest absolute Gasteiger partial charge is 0.309 e. The average molecular weight is 741 g/mol. The number of hydrogen-bond acceptors (Lipinski definition) is 1. The van der Waals surface area contributed by atoms with Crippen LogP contribution in [0.25, 0.3) is 119 Å². The van der Waals surface area contributed by atoms with E-state index in [0.29, 0.717) is 0 Å². The summed E-state index contributed by atoms with van der Waals surface area (Å²) in [6.07, 6.45) is 0. The number of hydrogen-bond donors (Lipinski definition) is 0. The minimum absolute atomic E-state index is 1.16. The Bertz CT molecular complexity index is 3790. The molecule has 0 saturated heterocycles. The first-order valence-corrected chi connectivity index (χ1v) is 20.4. The predicted molar refractivity (Wildman–Crippen MR) is 246 cm³/mol. The molecule has 3 heteroatoms. The quantitative estimate of drug-likeness (QED) is 0.160. The lowest BCUT2D eigenvalue weighted by Crippen LogP contribution is -1.95. The lowest BCUT2D eigenvalue weighted by atomic mass is 9.89. The molecular formula is C54H32N2S. The summed E-state index contributed by atoms with van der Waals surface area (Å²) in [5.41, 5.74) is 9.69. The van der Waals surface area contributed by atoms with Crippen LogP contribution in [0.2, 0.25) is 0 Å². The Morgan fingerprint density at radius 3 is 1.53 bits per heavy atom. The van der Waals surface area contributed by atoms with Gasteiger partial charge in [-0.2, -0.15) is 0 Å². The predicted octanol–water partition coefficient (Wildman–Crippen LogP) is 15.4. The van der Waals surface area contributed by atoms with E-state index in [1.54, 1.807) is 0 Å². The minimum atomic E-state index is 1.16. The summed E-state index contributed by atoms with van der Waals surface area (Å²) >= 11 is 1.92. The SMILES string of the molecule is c1ccc(-n2c3ccccc3c3cc(-c4ccc(-n5c6ccccc6c6c7c8ccccc8c8ccccc8c7c7c8ccccc8sc7c65)cc4)ccc32)cc1. The van der Waals surface area contributed by atoms with Gasteiger partial charge < -0.3 is 9.13 Å². The summed E-state index contributed by atoms with van der Waals surface area (Å²) in [7, 11) is 0. The van der Waals surface area contributed by atoms with Crippen LogP contribution in [0.5, 0.6) is 0 Å². The third kappa shape index (κ3) is 4.24. The van der Waals surface area contributed by atoms with Crippen LogP contribution in [0.15, 0.2) is 194 Å². The highest BCUT2D eigenvalue weighted by atomic mass is 32.1. The molecule has 0 aliphatic heterocycles. The fraction of sp³-hybridized carbons (Fsp3) is 0. The highest BCUT2D eigenvalue weighted by molar-refractivity contribution is 7.27. The van der Waals surface area contributed by atoms with E-state index in [2.05, 4.69) is 203 Å². The first-order chi connectivity index (χ1) is 28.3. The highest BCUT2D eigenvalue weighted by Gasteiger charge is 2.25. The van der Waals surface area contributed by atoms with Crippen LogP contribution in [0.1, 0.15) is 0 Å². The van der Waals surface area contributed by atoms with Gasteiger partial charge in [-0.25, -0.2) is 0 Å². The van der Waals surface area contributed by atoms with Crippen molar-refractivity contribution in [1.29, 1.82) is 0 Å². The molecule has 0 saturated carbocycles. The Kier molecular flexibility index (Phi) is 6.35. The molecular weight excluding hydrogens is 709 g/mol. The maximum absolute atomic E-state index is 2.53. The zero-order chi connectivity index (χ0) is 37.2. The van der Waals surface area contributed by atoms with Gasteiger partial charge in [-0.05, 0) is 87.3 Å². The average Bonchev–Trinajstić information content (AvgIpc) is 3.95. The number of para-hydroxylation sites is 3. The van der Waals surface area contributed by atoms with Crippen LogP contribution < -0.4 is 0 Å². The van der Waals surface area contributed by atoms with E-state index < -0.39 is 0 Å². The topological polar surface area (TPSA) is 9.86 Å². The van der Waals surface area contributed by atoms with E-state index in [0.717, 1.165) is 5.69 Å². The Morgan fingerprint density at radius 1 is 0.298 bits per heavy atom. The zero-order valence-corrected chi connectivity index (χ0v) is 31.6. The van der Waals surface area contributed by atoms with Crippen molar-refractivity contribution in [3.63, 3.8) is 0 Å². The number of thiophene rings is 1. The molecule has 0 aliphatic rings. The first-order valence-electron chi connectivity index (χ1n) is 19.6. The van der Waals surface area contributed by atoms with Gasteiger partial charge in [0.2, 0.25) is 0 Å². The standard InChI is InChI=1S/C54H32N2S/c1-2-14-35(15-3-1)55-45-23-11-8-18-39(45)44-32-34(28-31-47(44)55)33-26-29-36(30-27-33)56-46-24-12-9-21-42(46)51-49-40-19-6-4-16-37(40)38-17-5-7-20-41(38)50(49)52-43-22-10-13-25-48(43)57-54(52)53(51)56/h1-32H.